The van der Waals surface area contributed by atoms with Crippen molar-refractivity contribution in [2.24, 2.45) is 5.92 Å². The van der Waals surface area contributed by atoms with Gasteiger partial charge in [-0.2, -0.15) is 5.17 Å². The van der Waals surface area contributed by atoms with E-state index >= 15 is 0 Å². The molecule has 190 valence electrons. The minimum absolute atomic E-state index is 0.102. The van der Waals surface area contributed by atoms with Crippen molar-refractivity contribution >= 4 is 33.3 Å². The first-order valence-electron chi connectivity index (χ1n) is 11.4. The van der Waals surface area contributed by atoms with Gasteiger partial charge in [-0.3, -0.25) is 14.8 Å². The quantitative estimate of drug-likeness (QED) is 0.320. The molecule has 2 amide bonds. The van der Waals surface area contributed by atoms with Gasteiger partial charge >= 0.3 is 0 Å². The number of hydroxylamine groups is 1. The molecule has 0 spiro atoms. The van der Waals surface area contributed by atoms with Gasteiger partial charge in [0.1, 0.15) is 11.5 Å². The molecule has 0 unspecified atom stereocenters. The van der Waals surface area contributed by atoms with Gasteiger partial charge < -0.3 is 10.1 Å². The summed E-state index contributed by atoms with van der Waals surface area (Å²) in [6.07, 6.45) is 5.26. The molecule has 35 heavy (non-hydrogen) atoms. The highest BCUT2D eigenvalue weighted by molar-refractivity contribution is 7.92. The summed E-state index contributed by atoms with van der Waals surface area (Å²) >= 11 is 5.86. The van der Waals surface area contributed by atoms with Gasteiger partial charge in [-0.15, -0.1) is 0 Å². The van der Waals surface area contributed by atoms with Crippen molar-refractivity contribution in [1.82, 2.24) is 15.9 Å². The van der Waals surface area contributed by atoms with E-state index in [-0.39, 0.29) is 17.2 Å². The lowest BCUT2D eigenvalue weighted by Crippen LogP contribution is -2.50. The lowest BCUT2D eigenvalue weighted by atomic mass is 9.87. The Bertz CT molecular complexity index is 1100. The molecule has 2 aromatic rings. The summed E-state index contributed by atoms with van der Waals surface area (Å²) in [4.78, 5) is 24.6. The third-order valence-electron chi connectivity index (χ3n) is 5.97. The first kappa shape index (κ1) is 26.9. The van der Waals surface area contributed by atoms with Crippen LogP contribution in [-0.2, 0) is 19.4 Å². The summed E-state index contributed by atoms with van der Waals surface area (Å²) in [5.74, 6) is -0.213. The van der Waals surface area contributed by atoms with Crippen molar-refractivity contribution in [3.8, 4) is 11.5 Å². The topological polar surface area (TPSA) is 125 Å². The SMILES string of the molecule is CNC(=O)[C@@H](CNN(O)C(=O)CC1CCCCC1)S(=O)(=O)c1ccc(Oc2ccc(Cl)cc2)cc1. The van der Waals surface area contributed by atoms with E-state index in [9.17, 15) is 23.2 Å². The third kappa shape index (κ3) is 7.41. The number of hydrogen-bond acceptors (Lipinski definition) is 7. The minimum Gasteiger partial charge on any atom is -0.457 e. The van der Waals surface area contributed by atoms with Gasteiger partial charge in [0, 0.05) is 25.0 Å². The molecule has 1 aliphatic carbocycles. The lowest BCUT2D eigenvalue weighted by Gasteiger charge is -2.24. The number of sulfone groups is 1. The van der Waals surface area contributed by atoms with E-state index in [4.69, 9.17) is 16.3 Å². The number of hydrogen-bond donors (Lipinski definition) is 3. The number of hydrazine groups is 1. The fraction of sp³-hybridized carbons (Fsp3) is 0.417. The van der Waals surface area contributed by atoms with Crippen LogP contribution in [0.25, 0.3) is 0 Å². The van der Waals surface area contributed by atoms with Crippen molar-refractivity contribution in [2.75, 3.05) is 13.6 Å². The lowest BCUT2D eigenvalue weighted by molar-refractivity contribution is -0.181. The molecule has 1 aliphatic rings. The molecule has 0 aromatic heterocycles. The normalized spacial score (nSPS) is 15.3. The Kier molecular flexibility index (Phi) is 9.50. The Hall–Kier alpha value is -2.66. The van der Waals surface area contributed by atoms with Crippen molar-refractivity contribution in [3.05, 3.63) is 53.6 Å². The summed E-state index contributed by atoms with van der Waals surface area (Å²) < 4.78 is 32.1. The molecule has 11 heteroatoms. The van der Waals surface area contributed by atoms with Crippen LogP contribution in [0, 0.1) is 5.92 Å². The molecule has 1 atom stereocenters. The number of rotatable bonds is 10. The highest BCUT2D eigenvalue weighted by Gasteiger charge is 2.34. The average Bonchev–Trinajstić information content (AvgIpc) is 2.86. The van der Waals surface area contributed by atoms with Crippen molar-refractivity contribution in [3.63, 3.8) is 0 Å². The standard InChI is InChI=1S/C24H30ClN3O6S/c1-26-24(30)22(16-27-28(31)23(29)15-17-5-3-2-4-6-17)35(32,33)21-13-11-20(12-14-21)34-19-9-7-18(25)8-10-19/h7-14,17,22,27,31H,2-6,15-16H2,1H3,(H,26,30)/t22-/m1/s1. The Labute approximate surface area is 210 Å². The van der Waals surface area contributed by atoms with Gasteiger partial charge in [0.15, 0.2) is 15.1 Å². The number of carbonyl (C=O) groups excluding carboxylic acids is 2. The van der Waals surface area contributed by atoms with Crippen LogP contribution in [0.4, 0.5) is 0 Å². The second-order valence-electron chi connectivity index (χ2n) is 8.45. The van der Waals surface area contributed by atoms with Crippen LogP contribution in [0.1, 0.15) is 38.5 Å². The maximum absolute atomic E-state index is 13.2. The van der Waals surface area contributed by atoms with E-state index in [1.165, 1.54) is 31.3 Å². The molecule has 0 radical (unpaired) electrons. The summed E-state index contributed by atoms with van der Waals surface area (Å²) in [7, 11) is -2.83. The van der Waals surface area contributed by atoms with Crippen LogP contribution in [0.15, 0.2) is 53.4 Å². The Balaban J connectivity index is 1.66. The molecule has 2 aromatic carbocycles. The number of ether oxygens (including phenoxy) is 1. The highest BCUT2D eigenvalue weighted by atomic mass is 35.5. The van der Waals surface area contributed by atoms with Crippen molar-refractivity contribution in [1.29, 1.82) is 0 Å². The molecular formula is C24H30ClN3O6S. The van der Waals surface area contributed by atoms with Gasteiger partial charge in [-0.25, -0.2) is 13.8 Å². The average molecular weight is 524 g/mol. The zero-order chi connectivity index (χ0) is 25.4. The first-order valence-corrected chi connectivity index (χ1v) is 13.4. The Morgan fingerprint density at radius 1 is 1.06 bits per heavy atom. The van der Waals surface area contributed by atoms with Crippen LogP contribution in [-0.4, -0.2) is 49.5 Å². The zero-order valence-corrected chi connectivity index (χ0v) is 21.0. The number of halogens is 1. The predicted molar refractivity (Wildman–Crippen MR) is 131 cm³/mol. The van der Waals surface area contributed by atoms with Crippen LogP contribution >= 0.6 is 11.6 Å². The van der Waals surface area contributed by atoms with Crippen LogP contribution < -0.4 is 15.5 Å². The van der Waals surface area contributed by atoms with Crippen LogP contribution in [0.2, 0.25) is 5.02 Å². The number of carbonyl (C=O) groups is 2. The number of nitrogens with one attached hydrogen (secondary N) is 2. The third-order valence-corrected chi connectivity index (χ3v) is 8.28. The second-order valence-corrected chi connectivity index (χ2v) is 11.0. The smallest absolute Gasteiger partial charge is 0.261 e. The predicted octanol–water partition coefficient (Wildman–Crippen LogP) is 3.71. The molecule has 3 N–H and O–H groups in total. The van der Waals surface area contributed by atoms with Gasteiger partial charge in [0.2, 0.25) is 5.91 Å². The molecule has 0 bridgehead atoms. The fourth-order valence-electron chi connectivity index (χ4n) is 3.99. The molecule has 0 saturated heterocycles. The maximum atomic E-state index is 13.2. The largest absolute Gasteiger partial charge is 0.457 e. The number of amides is 2. The molecule has 3 rings (SSSR count). The van der Waals surface area contributed by atoms with E-state index < -0.39 is 33.4 Å². The maximum Gasteiger partial charge on any atom is 0.261 e. The summed E-state index contributed by atoms with van der Waals surface area (Å²) in [5, 5.41) is 11.7. The molecule has 0 heterocycles. The minimum atomic E-state index is -4.15. The number of benzene rings is 2. The summed E-state index contributed by atoms with van der Waals surface area (Å²) in [6.45, 7) is -0.488. The van der Waals surface area contributed by atoms with Gasteiger partial charge in [-0.05, 0) is 67.3 Å². The first-order chi connectivity index (χ1) is 16.7. The van der Waals surface area contributed by atoms with Crippen molar-refractivity contribution < 1.29 is 28.0 Å². The van der Waals surface area contributed by atoms with E-state index in [1.54, 1.807) is 24.3 Å². The van der Waals surface area contributed by atoms with Crippen LogP contribution in [0.5, 0.6) is 11.5 Å². The molecule has 1 fully saturated rings. The monoisotopic (exact) mass is 523 g/mol. The van der Waals surface area contributed by atoms with E-state index in [1.807, 2.05) is 0 Å². The van der Waals surface area contributed by atoms with Crippen molar-refractivity contribution in [2.45, 2.75) is 48.7 Å². The fourth-order valence-corrected chi connectivity index (χ4v) is 5.65. The Morgan fingerprint density at radius 3 is 2.20 bits per heavy atom. The zero-order valence-electron chi connectivity index (χ0n) is 19.4. The second kappa shape index (κ2) is 12.3. The van der Waals surface area contributed by atoms with Gasteiger partial charge in [0.05, 0.1) is 4.90 Å². The molecule has 0 aliphatic heterocycles. The number of nitrogens with zero attached hydrogens (tertiary/aromatic N) is 1. The van der Waals surface area contributed by atoms with E-state index in [2.05, 4.69) is 10.7 Å². The summed E-state index contributed by atoms with van der Waals surface area (Å²) in [5.41, 5.74) is 2.38. The molecular weight excluding hydrogens is 494 g/mol. The molecule has 1 saturated carbocycles. The van der Waals surface area contributed by atoms with Gasteiger partial charge in [0.25, 0.3) is 5.91 Å². The molecule has 9 nitrogen and oxygen atoms in total. The Morgan fingerprint density at radius 2 is 1.63 bits per heavy atom. The van der Waals surface area contributed by atoms with E-state index in [0.29, 0.717) is 21.7 Å². The highest BCUT2D eigenvalue weighted by Crippen LogP contribution is 2.27. The van der Waals surface area contributed by atoms with Gasteiger partial charge in [-0.1, -0.05) is 30.9 Å². The van der Waals surface area contributed by atoms with E-state index in [0.717, 1.165) is 32.1 Å². The summed E-state index contributed by atoms with van der Waals surface area (Å²) in [6, 6.07) is 12.3. The van der Waals surface area contributed by atoms with Crippen LogP contribution in [0.3, 0.4) is 0 Å².